The summed E-state index contributed by atoms with van der Waals surface area (Å²) < 4.78 is 5.06. The van der Waals surface area contributed by atoms with Crippen molar-refractivity contribution in [1.82, 2.24) is 0 Å². The predicted molar refractivity (Wildman–Crippen MR) is 71.9 cm³/mol. The van der Waals surface area contributed by atoms with Gasteiger partial charge < -0.3 is 9.84 Å². The molecule has 2 aromatic carbocycles. The Kier molecular flexibility index (Phi) is 3.91. The molecule has 5 nitrogen and oxygen atoms in total. The van der Waals surface area contributed by atoms with Crippen LogP contribution in [0, 0.1) is 10.1 Å². The fourth-order valence-corrected chi connectivity index (χ4v) is 2.35. The first-order valence-electron chi connectivity index (χ1n) is 5.39. The summed E-state index contributed by atoms with van der Waals surface area (Å²) in [5.41, 5.74) is -0.293. The summed E-state index contributed by atoms with van der Waals surface area (Å²) in [5, 5.41) is 20.1. The lowest BCUT2D eigenvalue weighted by Gasteiger charge is -2.04. The van der Waals surface area contributed by atoms with Crippen LogP contribution in [0.1, 0.15) is 0 Å². The summed E-state index contributed by atoms with van der Waals surface area (Å²) in [4.78, 5) is 11.7. The largest absolute Gasteiger partial charge is 0.502 e. The van der Waals surface area contributed by atoms with Gasteiger partial charge in [-0.25, -0.2) is 0 Å². The Labute approximate surface area is 114 Å². The van der Waals surface area contributed by atoms with E-state index in [0.29, 0.717) is 0 Å². The van der Waals surface area contributed by atoms with Gasteiger partial charge in [-0.15, -0.1) is 0 Å². The number of benzene rings is 2. The normalized spacial score (nSPS) is 10.2. The van der Waals surface area contributed by atoms with Gasteiger partial charge in [-0.3, -0.25) is 10.1 Å². The predicted octanol–water partition coefficient (Wildman–Crippen LogP) is 3.46. The van der Waals surface area contributed by atoms with Crippen LogP contribution in [0.15, 0.2) is 52.3 Å². The smallest absolute Gasteiger partial charge is 0.310 e. The van der Waals surface area contributed by atoms with Crippen molar-refractivity contribution in [3.8, 4) is 11.5 Å². The van der Waals surface area contributed by atoms with Gasteiger partial charge in [0, 0.05) is 21.9 Å². The number of rotatable bonds is 4. The minimum atomic E-state index is -0.614. The van der Waals surface area contributed by atoms with Crippen molar-refractivity contribution in [3.05, 3.63) is 52.6 Å². The lowest BCUT2D eigenvalue weighted by Crippen LogP contribution is -1.88. The number of methoxy groups -OCH3 is 1. The molecule has 0 amide bonds. The summed E-state index contributed by atoms with van der Waals surface area (Å²) in [6.45, 7) is 0. The molecule has 98 valence electrons. The molecule has 0 aliphatic rings. The van der Waals surface area contributed by atoms with Crippen molar-refractivity contribution >= 4 is 17.4 Å². The van der Waals surface area contributed by atoms with E-state index in [1.165, 1.54) is 23.9 Å². The van der Waals surface area contributed by atoms with Crippen molar-refractivity contribution in [1.29, 1.82) is 0 Å². The lowest BCUT2D eigenvalue weighted by molar-refractivity contribution is -0.385. The second-order valence-electron chi connectivity index (χ2n) is 3.69. The highest BCUT2D eigenvalue weighted by atomic mass is 32.2. The van der Waals surface area contributed by atoms with E-state index in [4.69, 9.17) is 4.74 Å². The molecule has 19 heavy (non-hydrogen) atoms. The Hall–Kier alpha value is -2.21. The summed E-state index contributed by atoms with van der Waals surface area (Å²) in [6.07, 6.45) is 0. The zero-order valence-electron chi connectivity index (χ0n) is 10.1. The fraction of sp³-hybridized carbons (Fsp3) is 0.0769. The van der Waals surface area contributed by atoms with Crippen LogP contribution in [0.3, 0.4) is 0 Å². The number of hydrogen-bond acceptors (Lipinski definition) is 5. The van der Waals surface area contributed by atoms with Gasteiger partial charge in [-0.2, -0.15) is 0 Å². The molecular weight excluding hydrogens is 266 g/mol. The van der Waals surface area contributed by atoms with Crippen LogP contribution in [0.4, 0.5) is 5.69 Å². The monoisotopic (exact) mass is 277 g/mol. The number of phenols is 1. The Morgan fingerprint density at radius 1 is 1.16 bits per heavy atom. The highest BCUT2D eigenvalue weighted by molar-refractivity contribution is 7.99. The van der Waals surface area contributed by atoms with Crippen molar-refractivity contribution in [2.45, 2.75) is 9.79 Å². The van der Waals surface area contributed by atoms with Crippen molar-refractivity contribution < 1.29 is 14.8 Å². The third-order valence-electron chi connectivity index (χ3n) is 2.44. The number of nitrogens with zero attached hydrogens (tertiary/aromatic N) is 1. The van der Waals surface area contributed by atoms with Gasteiger partial charge in [-0.1, -0.05) is 11.8 Å². The minimum absolute atomic E-state index is 0.293. The van der Waals surface area contributed by atoms with Gasteiger partial charge in [0.1, 0.15) is 5.75 Å². The van der Waals surface area contributed by atoms with E-state index >= 15 is 0 Å². The molecular formula is C13H11NO4S. The molecule has 0 aromatic heterocycles. The van der Waals surface area contributed by atoms with Crippen LogP contribution in [-0.4, -0.2) is 17.1 Å². The van der Waals surface area contributed by atoms with E-state index in [2.05, 4.69) is 0 Å². The van der Waals surface area contributed by atoms with E-state index in [0.717, 1.165) is 15.5 Å². The first kappa shape index (κ1) is 13.2. The molecule has 2 rings (SSSR count). The zero-order chi connectivity index (χ0) is 13.8. The first-order chi connectivity index (χ1) is 9.10. The Morgan fingerprint density at radius 2 is 1.79 bits per heavy atom. The number of hydrogen-bond donors (Lipinski definition) is 1. The van der Waals surface area contributed by atoms with Crippen LogP contribution in [-0.2, 0) is 0 Å². The summed E-state index contributed by atoms with van der Waals surface area (Å²) in [7, 11) is 1.59. The number of nitro groups is 1. The van der Waals surface area contributed by atoms with Crippen LogP contribution < -0.4 is 4.74 Å². The second-order valence-corrected chi connectivity index (χ2v) is 4.83. The molecule has 0 fully saturated rings. The topological polar surface area (TPSA) is 72.6 Å². The van der Waals surface area contributed by atoms with Gasteiger partial charge in [0.2, 0.25) is 0 Å². The molecule has 0 aliphatic carbocycles. The van der Waals surface area contributed by atoms with E-state index in [-0.39, 0.29) is 11.4 Å². The Morgan fingerprint density at radius 3 is 2.32 bits per heavy atom. The average molecular weight is 277 g/mol. The van der Waals surface area contributed by atoms with Crippen molar-refractivity contribution in [2.75, 3.05) is 7.11 Å². The lowest BCUT2D eigenvalue weighted by atomic mass is 10.3. The summed E-state index contributed by atoms with van der Waals surface area (Å²) >= 11 is 1.40. The minimum Gasteiger partial charge on any atom is -0.502 e. The maximum atomic E-state index is 10.6. The van der Waals surface area contributed by atoms with Crippen molar-refractivity contribution in [2.24, 2.45) is 0 Å². The van der Waals surface area contributed by atoms with Crippen LogP contribution in [0.5, 0.6) is 11.5 Å². The maximum Gasteiger partial charge on any atom is 0.310 e. The highest BCUT2D eigenvalue weighted by Crippen LogP contribution is 2.34. The third kappa shape index (κ3) is 3.17. The maximum absolute atomic E-state index is 10.6. The Balaban J connectivity index is 2.18. The SMILES string of the molecule is COc1ccc(Sc2ccc([N+](=O)[O-])c(O)c2)cc1. The first-order valence-corrected chi connectivity index (χ1v) is 6.21. The highest BCUT2D eigenvalue weighted by Gasteiger charge is 2.13. The zero-order valence-corrected chi connectivity index (χ0v) is 10.9. The van der Waals surface area contributed by atoms with E-state index in [9.17, 15) is 15.2 Å². The van der Waals surface area contributed by atoms with Gasteiger partial charge in [-0.05, 0) is 30.3 Å². The third-order valence-corrected chi connectivity index (χ3v) is 3.44. The molecule has 6 heteroatoms. The standard InChI is InChI=1S/C13H11NO4S/c1-18-9-2-4-10(5-3-9)19-11-6-7-12(14(16)17)13(15)8-11/h2-8,15H,1H3. The fourth-order valence-electron chi connectivity index (χ4n) is 1.50. The molecule has 1 N–H and O–H groups in total. The summed E-state index contributed by atoms with van der Waals surface area (Å²) in [5.74, 6) is 0.430. The van der Waals surface area contributed by atoms with E-state index in [1.54, 1.807) is 13.2 Å². The van der Waals surface area contributed by atoms with Crippen LogP contribution >= 0.6 is 11.8 Å². The van der Waals surface area contributed by atoms with Gasteiger partial charge in [0.25, 0.3) is 0 Å². The van der Waals surface area contributed by atoms with E-state index < -0.39 is 4.92 Å². The Bertz CT molecular complexity index is 598. The molecule has 0 saturated heterocycles. The molecule has 0 bridgehead atoms. The quantitative estimate of drug-likeness (QED) is 0.684. The number of aromatic hydroxyl groups is 1. The molecule has 0 atom stereocenters. The molecule has 0 unspecified atom stereocenters. The van der Waals surface area contributed by atoms with Gasteiger partial charge in [0.15, 0.2) is 5.75 Å². The van der Waals surface area contributed by atoms with Gasteiger partial charge >= 0.3 is 5.69 Å². The average Bonchev–Trinajstić information content (AvgIpc) is 2.39. The second kappa shape index (κ2) is 5.62. The molecule has 0 saturated carbocycles. The molecule has 0 heterocycles. The number of phenolic OH excluding ortho intramolecular Hbond substituents is 1. The number of ether oxygens (including phenoxy) is 1. The van der Waals surface area contributed by atoms with E-state index in [1.807, 2.05) is 24.3 Å². The molecule has 0 radical (unpaired) electrons. The molecule has 2 aromatic rings. The van der Waals surface area contributed by atoms with Crippen molar-refractivity contribution in [3.63, 3.8) is 0 Å². The molecule has 0 spiro atoms. The summed E-state index contributed by atoms with van der Waals surface area (Å²) in [6, 6.07) is 11.7. The van der Waals surface area contributed by atoms with Gasteiger partial charge in [0.05, 0.1) is 12.0 Å². The van der Waals surface area contributed by atoms with Crippen LogP contribution in [0.2, 0.25) is 0 Å². The van der Waals surface area contributed by atoms with Crippen LogP contribution in [0.25, 0.3) is 0 Å². The number of nitro benzene ring substituents is 1. The molecule has 0 aliphatic heterocycles.